The third-order valence-electron chi connectivity index (χ3n) is 5.05. The Kier molecular flexibility index (Phi) is 5.70. The Bertz CT molecular complexity index is 1310. The van der Waals surface area contributed by atoms with Crippen molar-refractivity contribution in [2.24, 2.45) is 0 Å². The van der Waals surface area contributed by atoms with E-state index < -0.39 is 0 Å². The number of nitrogens with zero attached hydrogens (tertiary/aromatic N) is 4. The van der Waals surface area contributed by atoms with E-state index in [0.29, 0.717) is 39.5 Å². The lowest BCUT2D eigenvalue weighted by atomic mass is 10.2. The van der Waals surface area contributed by atoms with Gasteiger partial charge in [0.25, 0.3) is 5.56 Å². The number of fused-ring (bicyclic) bond motifs is 3. The van der Waals surface area contributed by atoms with Crippen LogP contribution < -0.4 is 10.9 Å². The van der Waals surface area contributed by atoms with Crippen molar-refractivity contribution in [1.82, 2.24) is 19.2 Å². The van der Waals surface area contributed by atoms with E-state index in [9.17, 15) is 9.59 Å². The lowest BCUT2D eigenvalue weighted by molar-refractivity contribution is -0.113. The number of halogens is 1. The molecule has 1 N–H and O–H groups in total. The van der Waals surface area contributed by atoms with Gasteiger partial charge in [-0.2, -0.15) is 0 Å². The molecule has 1 aromatic carbocycles. The summed E-state index contributed by atoms with van der Waals surface area (Å²) in [4.78, 5) is 25.5. The molecule has 0 aliphatic carbocycles. The van der Waals surface area contributed by atoms with Gasteiger partial charge in [0.1, 0.15) is 4.70 Å². The zero-order valence-electron chi connectivity index (χ0n) is 16.3. The smallest absolute Gasteiger partial charge is 0.272 e. The summed E-state index contributed by atoms with van der Waals surface area (Å²) >= 11 is 8.54. The van der Waals surface area contributed by atoms with Crippen molar-refractivity contribution in [2.75, 3.05) is 17.7 Å². The summed E-state index contributed by atoms with van der Waals surface area (Å²) in [5, 5.41) is 14.4. The minimum atomic E-state index is -0.168. The highest BCUT2D eigenvalue weighted by atomic mass is 35.5. The summed E-state index contributed by atoms with van der Waals surface area (Å²) < 4.78 is 9.85. The number of anilines is 1. The number of thioether (sulfide) groups is 1. The summed E-state index contributed by atoms with van der Waals surface area (Å²) in [6.45, 7) is 1.16. The molecule has 0 spiro atoms. The van der Waals surface area contributed by atoms with Crippen LogP contribution in [0.4, 0.5) is 5.69 Å². The highest BCUT2D eigenvalue weighted by molar-refractivity contribution is 7.99. The van der Waals surface area contributed by atoms with Gasteiger partial charge in [-0.15, -0.1) is 21.5 Å². The number of ether oxygens (including phenoxy) is 1. The second-order valence-electron chi connectivity index (χ2n) is 7.15. The molecular formula is C20H18ClN5O3S2. The Morgan fingerprint density at radius 1 is 1.29 bits per heavy atom. The number of thiophene rings is 1. The molecule has 11 heteroatoms. The molecule has 5 rings (SSSR count). The zero-order valence-corrected chi connectivity index (χ0v) is 18.7. The van der Waals surface area contributed by atoms with Crippen molar-refractivity contribution in [3.05, 3.63) is 51.1 Å². The maximum absolute atomic E-state index is 13.1. The normalized spacial score (nSPS) is 16.4. The first-order valence-corrected chi connectivity index (χ1v) is 12.0. The molecule has 31 heavy (non-hydrogen) atoms. The van der Waals surface area contributed by atoms with Gasteiger partial charge in [-0.05, 0) is 48.6 Å². The van der Waals surface area contributed by atoms with Gasteiger partial charge in [-0.3, -0.25) is 18.6 Å². The third kappa shape index (κ3) is 4.08. The van der Waals surface area contributed by atoms with Crippen LogP contribution in [-0.4, -0.2) is 43.5 Å². The second kappa shape index (κ2) is 8.62. The molecular weight excluding hydrogens is 458 g/mol. The Balaban J connectivity index is 1.43. The van der Waals surface area contributed by atoms with Gasteiger partial charge in [-0.1, -0.05) is 23.4 Å². The fourth-order valence-corrected chi connectivity index (χ4v) is 5.30. The van der Waals surface area contributed by atoms with Crippen molar-refractivity contribution >= 4 is 62.3 Å². The molecule has 1 aliphatic rings. The van der Waals surface area contributed by atoms with E-state index in [1.54, 1.807) is 28.8 Å². The first-order chi connectivity index (χ1) is 15.1. The van der Waals surface area contributed by atoms with Crippen molar-refractivity contribution in [3.8, 4) is 0 Å². The van der Waals surface area contributed by atoms with Gasteiger partial charge in [0, 0.05) is 17.3 Å². The van der Waals surface area contributed by atoms with E-state index in [0.717, 1.165) is 18.4 Å². The highest BCUT2D eigenvalue weighted by Gasteiger charge is 2.22. The minimum absolute atomic E-state index is 0.00290. The van der Waals surface area contributed by atoms with Gasteiger partial charge in [0.05, 0.1) is 23.9 Å². The van der Waals surface area contributed by atoms with E-state index in [1.165, 1.54) is 23.1 Å². The van der Waals surface area contributed by atoms with Gasteiger partial charge < -0.3 is 10.1 Å². The fraction of sp³-hybridized carbons (Fsp3) is 0.300. The van der Waals surface area contributed by atoms with Crippen molar-refractivity contribution < 1.29 is 9.53 Å². The number of aromatic nitrogens is 4. The summed E-state index contributed by atoms with van der Waals surface area (Å²) in [5.74, 6) is 0.449. The minimum Gasteiger partial charge on any atom is -0.376 e. The van der Waals surface area contributed by atoms with E-state index >= 15 is 0 Å². The van der Waals surface area contributed by atoms with Gasteiger partial charge in [0.2, 0.25) is 11.7 Å². The number of hydrogen-bond donors (Lipinski definition) is 1. The molecule has 0 saturated carbocycles. The largest absolute Gasteiger partial charge is 0.376 e. The molecule has 4 heterocycles. The molecule has 8 nitrogen and oxygen atoms in total. The van der Waals surface area contributed by atoms with Crippen LogP contribution in [0.25, 0.3) is 16.0 Å². The highest BCUT2D eigenvalue weighted by Crippen LogP contribution is 2.25. The first kappa shape index (κ1) is 20.5. The van der Waals surface area contributed by atoms with E-state index in [1.807, 2.05) is 15.8 Å². The molecule has 1 saturated heterocycles. The van der Waals surface area contributed by atoms with Crippen LogP contribution >= 0.6 is 34.7 Å². The van der Waals surface area contributed by atoms with Crippen molar-refractivity contribution in [3.63, 3.8) is 0 Å². The quantitative estimate of drug-likeness (QED) is 0.428. The van der Waals surface area contributed by atoms with E-state index in [2.05, 4.69) is 15.5 Å². The number of hydrogen-bond acceptors (Lipinski definition) is 7. The molecule has 3 aromatic heterocycles. The van der Waals surface area contributed by atoms with E-state index in [-0.39, 0.29) is 23.3 Å². The summed E-state index contributed by atoms with van der Waals surface area (Å²) in [7, 11) is 0. The Hall–Kier alpha value is -2.40. The van der Waals surface area contributed by atoms with Crippen molar-refractivity contribution in [2.45, 2.75) is 30.6 Å². The molecule has 1 aliphatic heterocycles. The van der Waals surface area contributed by atoms with Crippen LogP contribution in [0, 0.1) is 0 Å². The average molecular weight is 476 g/mol. The molecule has 1 amide bonds. The Morgan fingerprint density at radius 2 is 2.13 bits per heavy atom. The van der Waals surface area contributed by atoms with Crippen LogP contribution in [0.1, 0.15) is 12.8 Å². The van der Waals surface area contributed by atoms with Crippen LogP contribution in [0.2, 0.25) is 5.02 Å². The Labute approximate surface area is 190 Å². The third-order valence-corrected chi connectivity index (χ3v) is 7.13. The molecule has 1 atom stereocenters. The molecule has 0 radical (unpaired) electrons. The monoisotopic (exact) mass is 475 g/mol. The molecule has 0 unspecified atom stereocenters. The lowest BCUT2D eigenvalue weighted by Crippen LogP contribution is -2.28. The molecule has 0 bridgehead atoms. The molecule has 1 fully saturated rings. The first-order valence-electron chi connectivity index (χ1n) is 9.75. The maximum Gasteiger partial charge on any atom is 0.272 e. The topological polar surface area (TPSA) is 90.5 Å². The molecule has 160 valence electrons. The molecule has 4 aromatic rings. The predicted octanol–water partition coefficient (Wildman–Crippen LogP) is 3.67. The van der Waals surface area contributed by atoms with Gasteiger partial charge in [0.15, 0.2) is 5.16 Å². The standard InChI is InChI=1S/C20H18ClN5O3S2/c21-12-3-5-13(6-4-12)22-16(27)11-31-20-24-23-19-25(10-14-2-1-8-29-14)18(28)17-15(26(19)20)7-9-30-17/h3-7,9,14H,1-2,8,10-11H2,(H,22,27)/t14-/m1/s1. The number of amides is 1. The second-order valence-corrected chi connectivity index (χ2v) is 9.44. The number of carbonyl (C=O) groups is 1. The zero-order chi connectivity index (χ0) is 21.4. The van der Waals surface area contributed by atoms with Gasteiger partial charge >= 0.3 is 0 Å². The number of rotatable bonds is 6. The summed E-state index contributed by atoms with van der Waals surface area (Å²) in [6, 6.07) is 8.81. The van der Waals surface area contributed by atoms with Crippen LogP contribution in [0.15, 0.2) is 45.7 Å². The Morgan fingerprint density at radius 3 is 2.90 bits per heavy atom. The number of carbonyl (C=O) groups excluding carboxylic acids is 1. The maximum atomic E-state index is 13.1. The average Bonchev–Trinajstić information content (AvgIpc) is 3.51. The van der Waals surface area contributed by atoms with E-state index in [4.69, 9.17) is 16.3 Å². The van der Waals surface area contributed by atoms with Crippen LogP contribution in [0.5, 0.6) is 0 Å². The predicted molar refractivity (Wildman–Crippen MR) is 122 cm³/mol. The van der Waals surface area contributed by atoms with Crippen LogP contribution in [-0.2, 0) is 16.1 Å². The van der Waals surface area contributed by atoms with Crippen LogP contribution in [0.3, 0.4) is 0 Å². The number of benzene rings is 1. The number of nitrogens with one attached hydrogen (secondary N) is 1. The van der Waals surface area contributed by atoms with Crippen molar-refractivity contribution in [1.29, 1.82) is 0 Å². The summed E-state index contributed by atoms with van der Waals surface area (Å²) in [6.07, 6.45) is 1.91. The lowest BCUT2D eigenvalue weighted by Gasteiger charge is -2.13. The summed E-state index contributed by atoms with van der Waals surface area (Å²) in [5.41, 5.74) is 1.34. The fourth-order valence-electron chi connectivity index (χ4n) is 3.61. The SMILES string of the molecule is O=C(CSc1nnc2n(C[C@H]3CCCO3)c(=O)c3sccc3n12)Nc1ccc(Cl)cc1. The van der Waals surface area contributed by atoms with Gasteiger partial charge in [-0.25, -0.2) is 0 Å².